The van der Waals surface area contributed by atoms with Gasteiger partial charge in [0.25, 0.3) is 5.91 Å². The molecule has 5 rings (SSSR count). The number of cyclic esters (lactones) is 1. The van der Waals surface area contributed by atoms with Crippen molar-refractivity contribution in [1.82, 2.24) is 10.2 Å². The van der Waals surface area contributed by atoms with Gasteiger partial charge in [-0.25, -0.2) is 9.59 Å². The molecule has 3 aliphatic heterocycles. The van der Waals surface area contributed by atoms with Crippen molar-refractivity contribution >= 4 is 29.5 Å². The third kappa shape index (κ3) is 4.85. The lowest BCUT2D eigenvalue weighted by molar-refractivity contribution is -0.118. The van der Waals surface area contributed by atoms with Crippen LogP contribution in [0.5, 0.6) is 5.75 Å². The van der Waals surface area contributed by atoms with Crippen molar-refractivity contribution in [1.29, 1.82) is 0 Å². The Bertz CT molecular complexity index is 1060. The van der Waals surface area contributed by atoms with Gasteiger partial charge < -0.3 is 24.8 Å². The van der Waals surface area contributed by atoms with E-state index >= 15 is 0 Å². The number of nitrogens with one attached hydrogen (secondary N) is 2. The van der Waals surface area contributed by atoms with Crippen molar-refractivity contribution in [3.63, 3.8) is 0 Å². The average molecular weight is 452 g/mol. The number of fused-ring (bicyclic) bond motifs is 1. The Kier molecular flexibility index (Phi) is 5.74. The molecule has 2 aromatic carbocycles. The van der Waals surface area contributed by atoms with Crippen molar-refractivity contribution in [2.24, 2.45) is 0 Å². The zero-order valence-corrected chi connectivity index (χ0v) is 17.9. The monoisotopic (exact) mass is 452 g/mol. The van der Waals surface area contributed by atoms with Crippen LogP contribution >= 0.6 is 0 Å². The molecule has 2 fully saturated rings. The van der Waals surface area contributed by atoms with E-state index < -0.39 is 12.2 Å². The summed E-state index contributed by atoms with van der Waals surface area (Å²) in [6.07, 6.45) is -1.15. The molecule has 1 unspecified atom stereocenters. The summed E-state index contributed by atoms with van der Waals surface area (Å²) in [6, 6.07) is 14.7. The van der Waals surface area contributed by atoms with Crippen LogP contribution in [0.4, 0.5) is 21.0 Å². The minimum Gasteiger partial charge on any atom is -0.482 e. The number of carbonyl (C=O) groups excluding carboxylic acids is 3. The largest absolute Gasteiger partial charge is 0.482 e. The summed E-state index contributed by atoms with van der Waals surface area (Å²) in [4.78, 5) is 39.6. The molecule has 10 heteroatoms. The molecule has 3 aliphatic rings. The predicted octanol–water partition coefficient (Wildman–Crippen LogP) is 1.95. The highest BCUT2D eigenvalue weighted by Gasteiger charge is 2.37. The van der Waals surface area contributed by atoms with Crippen LogP contribution in [0.25, 0.3) is 0 Å². The number of likely N-dealkylation sites (tertiary alicyclic amines) is 1. The molecule has 3 heterocycles. The maximum absolute atomic E-state index is 12.4. The maximum atomic E-state index is 12.4. The van der Waals surface area contributed by atoms with E-state index in [0.29, 0.717) is 43.3 Å². The van der Waals surface area contributed by atoms with Crippen LogP contribution in [0.1, 0.15) is 5.56 Å². The van der Waals surface area contributed by atoms with Gasteiger partial charge in [-0.05, 0) is 23.8 Å². The Morgan fingerprint density at radius 3 is 2.76 bits per heavy atom. The molecule has 0 aliphatic carbocycles. The van der Waals surface area contributed by atoms with E-state index in [1.807, 2.05) is 30.3 Å². The van der Waals surface area contributed by atoms with Gasteiger partial charge in [0.1, 0.15) is 18.5 Å². The van der Waals surface area contributed by atoms with Gasteiger partial charge in [0.2, 0.25) is 0 Å². The Morgan fingerprint density at radius 2 is 1.94 bits per heavy atom. The van der Waals surface area contributed by atoms with Crippen molar-refractivity contribution in [3.8, 4) is 5.75 Å². The van der Waals surface area contributed by atoms with E-state index in [1.54, 1.807) is 23.1 Å². The summed E-state index contributed by atoms with van der Waals surface area (Å²) < 4.78 is 16.1. The van der Waals surface area contributed by atoms with Crippen LogP contribution in [-0.2, 0) is 20.9 Å². The fourth-order valence-electron chi connectivity index (χ4n) is 4.10. The molecular weight excluding hydrogens is 428 g/mol. The molecular formula is C23H24N4O6. The maximum Gasteiger partial charge on any atom is 0.414 e. The lowest BCUT2D eigenvalue weighted by Gasteiger charge is -2.39. The molecule has 1 atom stereocenters. The second-order valence-corrected chi connectivity index (χ2v) is 8.26. The molecule has 3 amide bonds. The van der Waals surface area contributed by atoms with Crippen molar-refractivity contribution in [2.45, 2.75) is 18.8 Å². The molecule has 0 spiro atoms. The van der Waals surface area contributed by atoms with E-state index in [2.05, 4.69) is 15.5 Å². The zero-order chi connectivity index (χ0) is 22.8. The summed E-state index contributed by atoms with van der Waals surface area (Å²) >= 11 is 0. The Balaban J connectivity index is 1.06. The Hall–Kier alpha value is -3.79. The summed E-state index contributed by atoms with van der Waals surface area (Å²) in [6.45, 7) is 2.52. The molecule has 0 saturated carbocycles. The quantitative estimate of drug-likeness (QED) is 0.690. The second kappa shape index (κ2) is 8.99. The fraction of sp³-hybridized carbons (Fsp3) is 0.348. The minimum atomic E-state index is -0.439. The molecule has 2 N–H and O–H groups in total. The summed E-state index contributed by atoms with van der Waals surface area (Å²) in [7, 11) is 0. The number of hydrogen-bond acceptors (Lipinski definition) is 7. The Morgan fingerprint density at radius 1 is 1.12 bits per heavy atom. The molecule has 2 aromatic rings. The van der Waals surface area contributed by atoms with Gasteiger partial charge in [-0.1, -0.05) is 30.3 Å². The smallest absolute Gasteiger partial charge is 0.414 e. The van der Waals surface area contributed by atoms with Crippen LogP contribution in [0.2, 0.25) is 0 Å². The number of anilines is 2. The molecule has 10 nitrogen and oxygen atoms in total. The first-order valence-electron chi connectivity index (χ1n) is 10.8. The first kappa shape index (κ1) is 21.1. The summed E-state index contributed by atoms with van der Waals surface area (Å²) in [5.41, 5.74) is 2.11. The van der Waals surface area contributed by atoms with Crippen LogP contribution in [0.15, 0.2) is 48.5 Å². The predicted molar refractivity (Wildman–Crippen MR) is 118 cm³/mol. The molecule has 172 valence electrons. The molecule has 2 saturated heterocycles. The van der Waals surface area contributed by atoms with Crippen molar-refractivity contribution in [3.05, 3.63) is 54.1 Å². The van der Waals surface area contributed by atoms with E-state index in [1.165, 1.54) is 0 Å². The van der Waals surface area contributed by atoms with E-state index in [4.69, 9.17) is 14.2 Å². The first-order valence-corrected chi connectivity index (χ1v) is 10.8. The third-order valence-electron chi connectivity index (χ3n) is 5.74. The number of ether oxygens (including phenoxy) is 3. The van der Waals surface area contributed by atoms with Crippen molar-refractivity contribution < 1.29 is 28.6 Å². The molecule has 0 radical (unpaired) electrons. The summed E-state index contributed by atoms with van der Waals surface area (Å²) in [5, 5.41) is 5.59. The topological polar surface area (TPSA) is 109 Å². The SMILES string of the molecule is O=C1COc2ccc(N3CC(CN4CC(NC(=O)OCc5ccccc5)C4)OC3=O)cc2N1. The molecule has 33 heavy (non-hydrogen) atoms. The van der Waals surface area contributed by atoms with Gasteiger partial charge in [0.05, 0.1) is 18.3 Å². The number of carbonyl (C=O) groups is 3. The standard InChI is InChI=1S/C23H24N4O6/c28-21-14-31-20-7-6-17(8-19(20)25-21)27-12-18(33-23(27)30)11-26-9-16(10-26)24-22(29)32-13-15-4-2-1-3-5-15/h1-8,16,18H,9-14H2,(H,24,29)(H,25,28). The number of nitrogens with zero attached hydrogens (tertiary/aromatic N) is 2. The summed E-state index contributed by atoms with van der Waals surface area (Å²) in [5.74, 6) is 0.343. The lowest BCUT2D eigenvalue weighted by Crippen LogP contribution is -2.60. The third-order valence-corrected chi connectivity index (χ3v) is 5.74. The highest BCUT2D eigenvalue weighted by atomic mass is 16.6. The highest BCUT2D eigenvalue weighted by Crippen LogP contribution is 2.33. The van der Waals surface area contributed by atoms with Crippen LogP contribution in [-0.4, -0.2) is 67.9 Å². The second-order valence-electron chi connectivity index (χ2n) is 8.26. The average Bonchev–Trinajstić information content (AvgIpc) is 3.16. The van der Waals surface area contributed by atoms with Gasteiger partial charge in [-0.15, -0.1) is 0 Å². The van der Waals surface area contributed by atoms with Gasteiger partial charge >= 0.3 is 12.2 Å². The van der Waals surface area contributed by atoms with Gasteiger partial charge in [-0.3, -0.25) is 14.6 Å². The fourth-order valence-corrected chi connectivity index (χ4v) is 4.10. The van der Waals surface area contributed by atoms with E-state index in [-0.39, 0.29) is 31.3 Å². The number of rotatable bonds is 6. The first-order chi connectivity index (χ1) is 16.0. The van der Waals surface area contributed by atoms with Crippen LogP contribution in [0, 0.1) is 0 Å². The number of amides is 3. The molecule has 0 bridgehead atoms. The van der Waals surface area contributed by atoms with Crippen LogP contribution in [0.3, 0.4) is 0 Å². The number of hydrogen-bond donors (Lipinski definition) is 2. The van der Waals surface area contributed by atoms with Crippen molar-refractivity contribution in [2.75, 3.05) is 43.0 Å². The normalized spacial score (nSPS) is 20.2. The van der Waals surface area contributed by atoms with E-state index in [9.17, 15) is 14.4 Å². The zero-order valence-electron chi connectivity index (χ0n) is 17.9. The van der Waals surface area contributed by atoms with Gasteiger partial charge in [-0.2, -0.15) is 0 Å². The van der Waals surface area contributed by atoms with Gasteiger partial charge in [0, 0.05) is 25.3 Å². The highest BCUT2D eigenvalue weighted by molar-refractivity contribution is 5.97. The van der Waals surface area contributed by atoms with Gasteiger partial charge in [0.15, 0.2) is 6.61 Å². The number of alkyl carbamates (subject to hydrolysis) is 1. The minimum absolute atomic E-state index is 0.00531. The molecule has 0 aromatic heterocycles. The lowest BCUT2D eigenvalue weighted by atomic mass is 10.1. The number of benzene rings is 2. The van der Waals surface area contributed by atoms with Crippen LogP contribution < -0.4 is 20.3 Å². The Labute approximate surface area is 190 Å². The van der Waals surface area contributed by atoms with E-state index in [0.717, 1.165) is 5.56 Å².